The van der Waals surface area contributed by atoms with Gasteiger partial charge in [-0.3, -0.25) is 19.0 Å². The Labute approximate surface area is 330 Å². The van der Waals surface area contributed by atoms with Crippen molar-refractivity contribution in [3.8, 4) is 28.5 Å². The Morgan fingerprint density at radius 3 is 2.28 bits per heavy atom. The number of ether oxygens (including phenoxy) is 2. The second kappa shape index (κ2) is 21.2. The van der Waals surface area contributed by atoms with Gasteiger partial charge in [-0.15, -0.1) is 30.4 Å². The van der Waals surface area contributed by atoms with Crippen molar-refractivity contribution in [2.24, 2.45) is 0 Å². The molecule has 3 N–H and O–H groups in total. The van der Waals surface area contributed by atoms with Crippen molar-refractivity contribution in [2.45, 2.75) is 58.0 Å². The number of para-hydroxylation sites is 1. The fourth-order valence-corrected chi connectivity index (χ4v) is 5.98. The molecule has 2 heterocycles. The molecule has 0 aliphatic carbocycles. The molecule has 2 aromatic heterocycles. The molecule has 0 bridgehead atoms. The predicted molar refractivity (Wildman–Crippen MR) is 204 cm³/mol. The van der Waals surface area contributed by atoms with Crippen LogP contribution in [0, 0.1) is 20.2 Å². The van der Waals surface area contributed by atoms with Gasteiger partial charge in [0.2, 0.25) is 11.7 Å². The van der Waals surface area contributed by atoms with Gasteiger partial charge in [0.1, 0.15) is 6.04 Å². The zero-order valence-electron chi connectivity index (χ0n) is 31.5. The van der Waals surface area contributed by atoms with E-state index in [9.17, 15) is 34.6 Å². The Balaban J connectivity index is 1.33. The lowest BCUT2D eigenvalue weighted by atomic mass is 9.98. The third-order valence-electron chi connectivity index (χ3n) is 8.69. The van der Waals surface area contributed by atoms with E-state index in [1.165, 1.54) is 0 Å². The molecule has 0 saturated carbocycles. The second-order valence-corrected chi connectivity index (χ2v) is 12.7. The molecule has 306 valence electrons. The number of aromatic nitrogens is 6. The minimum atomic E-state index is -1.18. The quantitative estimate of drug-likeness (QED) is 0.0346. The topological polar surface area (TPSA) is 271 Å². The molecule has 0 radical (unpaired) electrons. The fraction of sp³-hybridized carbons (Fsp3) is 0.378. The molecule has 1 atom stereocenters. The highest BCUT2D eigenvalue weighted by molar-refractivity contribution is 6.06. The van der Waals surface area contributed by atoms with E-state index in [1.807, 2.05) is 55.5 Å². The van der Waals surface area contributed by atoms with Gasteiger partial charge in [-0.05, 0) is 73.1 Å². The largest absolute Gasteiger partial charge is 0.466 e. The van der Waals surface area contributed by atoms with Crippen LogP contribution in [-0.4, -0.2) is 97.1 Å². The van der Waals surface area contributed by atoms with Crippen molar-refractivity contribution in [1.29, 1.82) is 0 Å². The van der Waals surface area contributed by atoms with Crippen molar-refractivity contribution >= 4 is 28.8 Å². The summed E-state index contributed by atoms with van der Waals surface area (Å²) in [4.78, 5) is 74.0. The number of carbonyl (C=O) groups excluding carboxylic acids is 3. The van der Waals surface area contributed by atoms with Crippen molar-refractivity contribution in [2.75, 3.05) is 33.0 Å². The van der Waals surface area contributed by atoms with Gasteiger partial charge in [-0.25, -0.2) is 0 Å². The first-order valence-corrected chi connectivity index (χ1v) is 18.5. The Hall–Kier alpha value is -7.19. The molecule has 21 nitrogen and oxygen atoms in total. The summed E-state index contributed by atoms with van der Waals surface area (Å²) in [6, 6.07) is 19.7. The van der Waals surface area contributed by atoms with Crippen LogP contribution < -0.4 is 15.4 Å². The van der Waals surface area contributed by atoms with Crippen LogP contribution in [0.25, 0.3) is 33.5 Å². The smallest absolute Gasteiger partial charge is 0.305 e. The number of hydrogen-bond donors (Lipinski definition) is 3. The summed E-state index contributed by atoms with van der Waals surface area (Å²) < 4.78 is 12.9. The molecule has 1 unspecified atom stereocenters. The van der Waals surface area contributed by atoms with E-state index in [2.05, 4.69) is 45.9 Å². The summed E-state index contributed by atoms with van der Waals surface area (Å²) in [5.74, 6) is -1.36. The third-order valence-corrected chi connectivity index (χ3v) is 8.69. The van der Waals surface area contributed by atoms with E-state index in [1.54, 1.807) is 22.8 Å². The van der Waals surface area contributed by atoms with Crippen molar-refractivity contribution in [1.82, 2.24) is 40.8 Å². The summed E-state index contributed by atoms with van der Waals surface area (Å²) in [5.41, 5.74) is 4.66. The van der Waals surface area contributed by atoms with Gasteiger partial charge in [-0.1, -0.05) is 54.6 Å². The molecule has 5 aromatic rings. The van der Waals surface area contributed by atoms with Gasteiger partial charge in [0.05, 0.1) is 49.6 Å². The second-order valence-electron chi connectivity index (χ2n) is 12.7. The van der Waals surface area contributed by atoms with Gasteiger partial charge < -0.3 is 29.8 Å². The minimum Gasteiger partial charge on any atom is -0.466 e. The number of esters is 1. The van der Waals surface area contributed by atoms with Crippen LogP contribution in [-0.2, 0) is 30.5 Å². The number of imidazole rings is 1. The standard InChI is InChI=1S/C37H42N10O11/c1-2-55-37-40-30-13-9-12-29(33(30)45(37)24-25-14-16-26(17-15-25)27-10-3-4-11-28(27)34-41-43-44-42-34)35(49)39-31(36(50)38-20-5-6-22-57-46(51)52)18-19-32(48)56-21-7-8-23-58-47(53)54/h3-4,9-17,31H,2,5-8,18-24H2,1H3,(H,38,50)(H,39,49)(H,41,42,43,44). The molecular formula is C37H42N10O11. The first-order chi connectivity index (χ1) is 28.1. The van der Waals surface area contributed by atoms with Gasteiger partial charge in [0.25, 0.3) is 22.1 Å². The van der Waals surface area contributed by atoms with E-state index in [-0.39, 0.29) is 63.7 Å². The summed E-state index contributed by atoms with van der Waals surface area (Å²) in [6.07, 6.45) is 0.911. The average molecular weight is 803 g/mol. The Morgan fingerprint density at radius 2 is 1.59 bits per heavy atom. The van der Waals surface area contributed by atoms with Crippen LogP contribution in [0.1, 0.15) is 61.4 Å². The molecular weight excluding hydrogens is 760 g/mol. The summed E-state index contributed by atoms with van der Waals surface area (Å²) in [6.45, 7) is 2.23. The first-order valence-electron chi connectivity index (χ1n) is 18.5. The lowest BCUT2D eigenvalue weighted by Gasteiger charge is -2.19. The molecule has 0 saturated heterocycles. The minimum absolute atomic E-state index is 0.0141. The van der Waals surface area contributed by atoms with Gasteiger partial charge in [-0.2, -0.15) is 10.2 Å². The molecule has 58 heavy (non-hydrogen) atoms. The number of benzene rings is 3. The molecule has 3 aromatic carbocycles. The molecule has 0 fully saturated rings. The highest BCUT2D eigenvalue weighted by Gasteiger charge is 2.26. The normalized spacial score (nSPS) is 11.4. The van der Waals surface area contributed by atoms with Gasteiger partial charge in [0.15, 0.2) is 0 Å². The van der Waals surface area contributed by atoms with E-state index in [0.717, 1.165) is 22.3 Å². The zero-order valence-corrected chi connectivity index (χ0v) is 31.5. The van der Waals surface area contributed by atoms with Crippen LogP contribution in [0.2, 0.25) is 0 Å². The number of fused-ring (bicyclic) bond motifs is 1. The fourth-order valence-electron chi connectivity index (χ4n) is 5.98. The van der Waals surface area contributed by atoms with Crippen molar-refractivity contribution in [3.63, 3.8) is 0 Å². The van der Waals surface area contributed by atoms with Crippen molar-refractivity contribution < 1.29 is 43.7 Å². The molecule has 0 spiro atoms. The van der Waals surface area contributed by atoms with Crippen LogP contribution >= 0.6 is 0 Å². The maximum Gasteiger partial charge on any atom is 0.305 e. The molecule has 21 heteroatoms. The Morgan fingerprint density at radius 1 is 0.879 bits per heavy atom. The maximum atomic E-state index is 14.1. The van der Waals surface area contributed by atoms with E-state index < -0.39 is 34.0 Å². The number of aromatic amines is 1. The molecule has 2 amide bonds. The summed E-state index contributed by atoms with van der Waals surface area (Å²) >= 11 is 0. The van der Waals surface area contributed by atoms with E-state index in [4.69, 9.17) is 9.47 Å². The van der Waals surface area contributed by atoms with Crippen LogP contribution in [0.4, 0.5) is 0 Å². The lowest BCUT2D eigenvalue weighted by Crippen LogP contribution is -2.47. The van der Waals surface area contributed by atoms with Crippen LogP contribution in [0.15, 0.2) is 66.7 Å². The van der Waals surface area contributed by atoms with E-state index >= 15 is 0 Å². The monoisotopic (exact) mass is 802 g/mol. The van der Waals surface area contributed by atoms with Crippen molar-refractivity contribution in [3.05, 3.63) is 98.1 Å². The van der Waals surface area contributed by atoms with Crippen LogP contribution in [0.3, 0.4) is 0 Å². The number of H-pyrrole nitrogens is 1. The maximum absolute atomic E-state index is 14.1. The Bertz CT molecular complexity index is 2160. The number of hydrogen-bond acceptors (Lipinski definition) is 15. The number of nitrogens with zero attached hydrogens (tertiary/aromatic N) is 7. The van der Waals surface area contributed by atoms with Gasteiger partial charge >= 0.3 is 5.97 Å². The van der Waals surface area contributed by atoms with Crippen LogP contribution in [0.5, 0.6) is 6.01 Å². The average Bonchev–Trinajstić information content (AvgIpc) is 3.88. The number of amides is 2. The summed E-state index contributed by atoms with van der Waals surface area (Å²) in [7, 11) is 0. The predicted octanol–water partition coefficient (Wildman–Crippen LogP) is 3.85. The SMILES string of the molecule is CCOc1nc2cccc(C(=O)NC(CCC(=O)OCCCCO[N+](=O)[O-])C(=O)NCCCCO[N+](=O)[O-])c2n1Cc1ccc(-c2ccccc2-c2nn[nH]n2)cc1. The summed E-state index contributed by atoms with van der Waals surface area (Å²) in [5, 5.41) is 38.8. The highest BCUT2D eigenvalue weighted by Crippen LogP contribution is 2.31. The first kappa shape index (κ1) is 42.0. The molecule has 0 aliphatic heterocycles. The lowest BCUT2D eigenvalue weighted by molar-refractivity contribution is -0.757. The number of tetrazole rings is 1. The highest BCUT2D eigenvalue weighted by atomic mass is 17.0. The zero-order chi connectivity index (χ0) is 41.3. The number of unbranched alkanes of at least 4 members (excludes halogenated alkanes) is 2. The van der Waals surface area contributed by atoms with E-state index in [0.29, 0.717) is 42.7 Å². The Kier molecular flexibility index (Phi) is 15.3. The van der Waals surface area contributed by atoms with Gasteiger partial charge in [0, 0.05) is 18.5 Å². The molecule has 5 rings (SSSR count). The molecule has 0 aliphatic rings. The number of rotatable bonds is 24. The number of carbonyl (C=O) groups is 3. The third kappa shape index (κ3) is 11.9. The number of nitrogens with one attached hydrogen (secondary N) is 3.